The standard InChI is InChI=1S/C14H16N4O2/c1-2-10(9-19)17-13-5-6-15-14-11(8-16-18(13)14)12-4-3-7-20-12/h3-8,10,17,19H,2,9H2,1H3. The molecule has 0 saturated carbocycles. The number of furan rings is 1. The third-order valence-corrected chi connectivity index (χ3v) is 3.25. The van der Waals surface area contributed by atoms with Crippen molar-refractivity contribution in [2.75, 3.05) is 11.9 Å². The number of hydrogen-bond acceptors (Lipinski definition) is 5. The minimum atomic E-state index is -0.00290. The minimum absolute atomic E-state index is 0.00290. The lowest BCUT2D eigenvalue weighted by Gasteiger charge is -2.15. The van der Waals surface area contributed by atoms with E-state index in [2.05, 4.69) is 15.4 Å². The number of nitrogens with one attached hydrogen (secondary N) is 1. The maximum Gasteiger partial charge on any atom is 0.168 e. The van der Waals surface area contributed by atoms with Crippen molar-refractivity contribution in [1.29, 1.82) is 0 Å². The Hall–Kier alpha value is -2.34. The SMILES string of the molecule is CCC(CO)Nc1ccnc2c(-c3ccco3)cnn12. The van der Waals surface area contributed by atoms with Crippen LogP contribution in [0.5, 0.6) is 0 Å². The highest BCUT2D eigenvalue weighted by Gasteiger charge is 2.13. The molecule has 20 heavy (non-hydrogen) atoms. The molecule has 3 aromatic heterocycles. The highest BCUT2D eigenvalue weighted by molar-refractivity contribution is 5.74. The van der Waals surface area contributed by atoms with Gasteiger partial charge in [0.2, 0.25) is 0 Å². The van der Waals surface area contributed by atoms with Crippen LogP contribution in [0, 0.1) is 0 Å². The molecule has 3 heterocycles. The van der Waals surface area contributed by atoms with Crippen LogP contribution < -0.4 is 5.32 Å². The Bertz CT molecular complexity index is 686. The summed E-state index contributed by atoms with van der Waals surface area (Å²) in [6.45, 7) is 2.09. The Kier molecular flexibility index (Phi) is 3.39. The first-order chi connectivity index (χ1) is 9.83. The molecule has 1 atom stereocenters. The van der Waals surface area contributed by atoms with Crippen molar-refractivity contribution < 1.29 is 9.52 Å². The number of hydrogen-bond donors (Lipinski definition) is 2. The Labute approximate surface area is 116 Å². The summed E-state index contributed by atoms with van der Waals surface area (Å²) >= 11 is 0. The van der Waals surface area contributed by atoms with Crippen LogP contribution in [0.1, 0.15) is 13.3 Å². The summed E-state index contributed by atoms with van der Waals surface area (Å²) in [6, 6.07) is 5.54. The fourth-order valence-corrected chi connectivity index (χ4v) is 2.09. The molecule has 1 unspecified atom stereocenters. The van der Waals surface area contributed by atoms with Crippen LogP contribution in [0.25, 0.3) is 17.0 Å². The van der Waals surface area contributed by atoms with Crippen molar-refractivity contribution in [3.05, 3.63) is 36.9 Å². The first-order valence-corrected chi connectivity index (χ1v) is 6.57. The molecule has 3 rings (SSSR count). The van der Waals surface area contributed by atoms with Crippen LogP contribution in [0.3, 0.4) is 0 Å². The molecule has 0 aliphatic carbocycles. The second-order valence-corrected chi connectivity index (χ2v) is 4.53. The van der Waals surface area contributed by atoms with Crippen LogP contribution in [-0.4, -0.2) is 32.4 Å². The Balaban J connectivity index is 2.04. The lowest BCUT2D eigenvalue weighted by Crippen LogP contribution is -2.24. The maximum absolute atomic E-state index is 9.29. The molecule has 0 amide bonds. The van der Waals surface area contributed by atoms with Gasteiger partial charge in [0.1, 0.15) is 11.6 Å². The lowest BCUT2D eigenvalue weighted by molar-refractivity contribution is 0.271. The fraction of sp³-hybridized carbons (Fsp3) is 0.286. The zero-order valence-electron chi connectivity index (χ0n) is 11.2. The molecule has 0 fully saturated rings. The molecule has 0 spiro atoms. The summed E-state index contributed by atoms with van der Waals surface area (Å²) in [5.74, 6) is 1.53. The fourth-order valence-electron chi connectivity index (χ4n) is 2.09. The molecule has 0 aliphatic heterocycles. The van der Waals surface area contributed by atoms with Gasteiger partial charge in [-0.2, -0.15) is 9.61 Å². The van der Waals surface area contributed by atoms with E-state index in [1.165, 1.54) is 0 Å². The van der Waals surface area contributed by atoms with Gasteiger partial charge in [0.15, 0.2) is 5.65 Å². The highest BCUT2D eigenvalue weighted by Crippen LogP contribution is 2.25. The third kappa shape index (κ3) is 2.14. The van der Waals surface area contributed by atoms with Gasteiger partial charge in [0.05, 0.1) is 30.7 Å². The van der Waals surface area contributed by atoms with E-state index in [-0.39, 0.29) is 12.6 Å². The molecule has 0 aromatic carbocycles. The van der Waals surface area contributed by atoms with Crippen LogP contribution in [0.4, 0.5) is 5.82 Å². The molecule has 2 N–H and O–H groups in total. The molecule has 0 bridgehead atoms. The topological polar surface area (TPSA) is 75.6 Å². The monoisotopic (exact) mass is 272 g/mol. The summed E-state index contributed by atoms with van der Waals surface area (Å²) in [7, 11) is 0. The quantitative estimate of drug-likeness (QED) is 0.744. The second-order valence-electron chi connectivity index (χ2n) is 4.53. The average Bonchev–Trinajstić information content (AvgIpc) is 3.13. The van der Waals surface area contributed by atoms with E-state index < -0.39 is 0 Å². The Morgan fingerprint density at radius 1 is 1.45 bits per heavy atom. The molecule has 0 radical (unpaired) electrons. The Morgan fingerprint density at radius 3 is 3.05 bits per heavy atom. The van der Waals surface area contributed by atoms with Crippen molar-refractivity contribution in [3.63, 3.8) is 0 Å². The van der Waals surface area contributed by atoms with E-state index in [0.717, 1.165) is 29.2 Å². The van der Waals surface area contributed by atoms with Gasteiger partial charge in [-0.1, -0.05) is 6.92 Å². The van der Waals surface area contributed by atoms with Crippen molar-refractivity contribution in [3.8, 4) is 11.3 Å². The van der Waals surface area contributed by atoms with Crippen molar-refractivity contribution in [2.24, 2.45) is 0 Å². The van der Waals surface area contributed by atoms with Crippen molar-refractivity contribution >= 4 is 11.5 Å². The summed E-state index contributed by atoms with van der Waals surface area (Å²) in [4.78, 5) is 4.35. The zero-order chi connectivity index (χ0) is 13.9. The van der Waals surface area contributed by atoms with Gasteiger partial charge in [-0.25, -0.2) is 4.98 Å². The number of fused-ring (bicyclic) bond motifs is 1. The summed E-state index contributed by atoms with van der Waals surface area (Å²) < 4.78 is 7.11. The number of aliphatic hydroxyl groups excluding tert-OH is 1. The van der Waals surface area contributed by atoms with Gasteiger partial charge in [0, 0.05) is 6.20 Å². The van der Waals surface area contributed by atoms with E-state index in [1.807, 2.05) is 25.1 Å². The van der Waals surface area contributed by atoms with Crippen LogP contribution in [0.2, 0.25) is 0 Å². The number of nitrogens with zero attached hydrogens (tertiary/aromatic N) is 3. The molecular weight excluding hydrogens is 256 g/mol. The number of aliphatic hydroxyl groups is 1. The first-order valence-electron chi connectivity index (χ1n) is 6.57. The maximum atomic E-state index is 9.29. The van der Waals surface area contributed by atoms with Gasteiger partial charge in [-0.15, -0.1) is 0 Å². The molecule has 6 nitrogen and oxygen atoms in total. The van der Waals surface area contributed by atoms with Crippen LogP contribution in [0.15, 0.2) is 41.3 Å². The first kappa shape index (κ1) is 12.7. The van der Waals surface area contributed by atoms with E-state index in [9.17, 15) is 5.11 Å². The summed E-state index contributed by atoms with van der Waals surface area (Å²) in [5, 5.41) is 16.9. The molecule has 0 aliphatic rings. The molecule has 3 aromatic rings. The predicted molar refractivity (Wildman–Crippen MR) is 75.5 cm³/mol. The zero-order valence-corrected chi connectivity index (χ0v) is 11.2. The molecular formula is C14H16N4O2. The molecule has 6 heteroatoms. The lowest BCUT2D eigenvalue weighted by atomic mass is 10.2. The summed E-state index contributed by atoms with van der Waals surface area (Å²) in [6.07, 6.45) is 5.90. The number of anilines is 1. The average molecular weight is 272 g/mol. The van der Waals surface area contributed by atoms with E-state index >= 15 is 0 Å². The number of aromatic nitrogens is 3. The van der Waals surface area contributed by atoms with Gasteiger partial charge in [-0.05, 0) is 24.6 Å². The van der Waals surface area contributed by atoms with E-state index in [1.54, 1.807) is 23.2 Å². The van der Waals surface area contributed by atoms with Gasteiger partial charge >= 0.3 is 0 Å². The largest absolute Gasteiger partial charge is 0.464 e. The Morgan fingerprint density at radius 2 is 2.35 bits per heavy atom. The van der Waals surface area contributed by atoms with E-state index in [0.29, 0.717) is 0 Å². The van der Waals surface area contributed by atoms with Crippen molar-refractivity contribution in [2.45, 2.75) is 19.4 Å². The smallest absolute Gasteiger partial charge is 0.168 e. The van der Waals surface area contributed by atoms with Gasteiger partial charge in [-0.3, -0.25) is 0 Å². The van der Waals surface area contributed by atoms with Gasteiger partial charge < -0.3 is 14.8 Å². The van der Waals surface area contributed by atoms with Crippen LogP contribution >= 0.6 is 0 Å². The predicted octanol–water partition coefficient (Wildman–Crippen LogP) is 2.17. The third-order valence-electron chi connectivity index (χ3n) is 3.25. The van der Waals surface area contributed by atoms with Crippen molar-refractivity contribution in [1.82, 2.24) is 14.6 Å². The van der Waals surface area contributed by atoms with Crippen LogP contribution in [-0.2, 0) is 0 Å². The van der Waals surface area contributed by atoms with Gasteiger partial charge in [0.25, 0.3) is 0 Å². The van der Waals surface area contributed by atoms with E-state index in [4.69, 9.17) is 4.42 Å². The highest BCUT2D eigenvalue weighted by atomic mass is 16.3. The number of rotatable bonds is 5. The second kappa shape index (κ2) is 5.34. The molecule has 0 saturated heterocycles. The molecule has 104 valence electrons. The normalized spacial score (nSPS) is 12.7. The minimum Gasteiger partial charge on any atom is -0.464 e. The summed E-state index contributed by atoms with van der Waals surface area (Å²) in [5.41, 5.74) is 1.56.